The molecule has 2 bridgehead atoms. The van der Waals surface area contributed by atoms with Gasteiger partial charge in [-0.25, -0.2) is 13.6 Å². The molecule has 1 aromatic carbocycles. The lowest BCUT2D eigenvalue weighted by Gasteiger charge is -2.48. The van der Waals surface area contributed by atoms with E-state index in [1.165, 1.54) is 4.90 Å². The van der Waals surface area contributed by atoms with Crippen molar-refractivity contribution in [2.75, 3.05) is 19.7 Å². The Bertz CT molecular complexity index is 1180. The van der Waals surface area contributed by atoms with Crippen LogP contribution < -0.4 is 5.32 Å². The Morgan fingerprint density at radius 3 is 2.30 bits per heavy atom. The number of halogens is 2. The van der Waals surface area contributed by atoms with Crippen molar-refractivity contribution >= 4 is 17.8 Å². The van der Waals surface area contributed by atoms with Crippen molar-refractivity contribution in [2.24, 2.45) is 5.92 Å². The summed E-state index contributed by atoms with van der Waals surface area (Å²) in [6, 6.07) is 9.71. The van der Waals surface area contributed by atoms with Crippen LogP contribution >= 0.6 is 0 Å². The van der Waals surface area contributed by atoms with Gasteiger partial charge in [0.1, 0.15) is 5.54 Å². The minimum absolute atomic E-state index is 0.0607. The summed E-state index contributed by atoms with van der Waals surface area (Å²) in [6.07, 6.45) is 6.68. The van der Waals surface area contributed by atoms with E-state index in [0.29, 0.717) is 32.4 Å². The Kier molecular flexibility index (Phi) is 9.03. The van der Waals surface area contributed by atoms with Gasteiger partial charge in [-0.3, -0.25) is 19.4 Å². The largest absolute Gasteiger partial charge is 0.376 e. The van der Waals surface area contributed by atoms with E-state index >= 15 is 0 Å². The maximum Gasteiger partial charge on any atom is 0.327 e. The number of hydrogen-bond acceptors (Lipinski definition) is 5. The smallest absolute Gasteiger partial charge is 0.327 e. The number of hydrogen-bond donors (Lipinski definition) is 1. The maximum absolute atomic E-state index is 14.2. The van der Waals surface area contributed by atoms with Gasteiger partial charge in [0.25, 0.3) is 5.91 Å². The van der Waals surface area contributed by atoms with Crippen molar-refractivity contribution in [1.29, 1.82) is 0 Å². The van der Waals surface area contributed by atoms with Gasteiger partial charge in [-0.1, -0.05) is 30.3 Å². The average Bonchev–Trinajstić information content (AvgIpc) is 3.36. The SMILES string of the molecule is CC(C)N1C(=O)N(CC2CCCCO2)C(=O)C12CC1CCC(C2)N1CC[C@H](NC(=O)C1CCC(F)(F)CC1)c1ccccc1. The molecule has 4 heterocycles. The van der Waals surface area contributed by atoms with E-state index < -0.39 is 11.5 Å². The first-order valence-corrected chi connectivity index (χ1v) is 16.8. The zero-order valence-electron chi connectivity index (χ0n) is 26.2. The van der Waals surface area contributed by atoms with Crippen molar-refractivity contribution in [3.05, 3.63) is 35.9 Å². The van der Waals surface area contributed by atoms with E-state index in [0.717, 1.165) is 44.2 Å². The van der Waals surface area contributed by atoms with Gasteiger partial charge in [-0.15, -0.1) is 0 Å². The molecule has 1 N–H and O–H groups in total. The third kappa shape index (κ3) is 6.13. The lowest BCUT2D eigenvalue weighted by atomic mass is 9.80. The fourth-order valence-electron chi connectivity index (χ4n) is 8.72. The summed E-state index contributed by atoms with van der Waals surface area (Å²) in [7, 11) is 0. The first kappa shape index (κ1) is 31.4. The van der Waals surface area contributed by atoms with Gasteiger partial charge in [0.15, 0.2) is 0 Å². The Labute approximate surface area is 259 Å². The molecule has 1 spiro atoms. The first-order valence-electron chi connectivity index (χ1n) is 16.8. The molecule has 0 radical (unpaired) electrons. The van der Waals surface area contributed by atoms with E-state index in [1.54, 1.807) is 0 Å². The van der Waals surface area contributed by atoms with Crippen LogP contribution in [0.25, 0.3) is 0 Å². The van der Waals surface area contributed by atoms with Gasteiger partial charge in [-0.05, 0) is 83.6 Å². The van der Waals surface area contributed by atoms with Gasteiger partial charge < -0.3 is 15.0 Å². The molecule has 242 valence electrons. The number of ether oxygens (including phenoxy) is 1. The molecule has 4 aliphatic heterocycles. The summed E-state index contributed by atoms with van der Waals surface area (Å²) in [5.41, 5.74) is 0.184. The highest BCUT2D eigenvalue weighted by atomic mass is 19.3. The van der Waals surface area contributed by atoms with Crippen molar-refractivity contribution in [2.45, 2.75) is 133 Å². The molecule has 0 aromatic heterocycles. The highest BCUT2D eigenvalue weighted by molar-refractivity contribution is 6.07. The van der Waals surface area contributed by atoms with Gasteiger partial charge >= 0.3 is 6.03 Å². The lowest BCUT2D eigenvalue weighted by molar-refractivity contribution is -0.139. The normalized spacial score (nSPS) is 31.7. The second-order valence-electron chi connectivity index (χ2n) is 14.1. The number of alkyl halides is 2. The van der Waals surface area contributed by atoms with Crippen molar-refractivity contribution in [3.63, 3.8) is 0 Å². The Balaban J connectivity index is 1.14. The molecule has 10 heteroatoms. The second-order valence-corrected chi connectivity index (χ2v) is 14.1. The van der Waals surface area contributed by atoms with Crippen molar-refractivity contribution in [1.82, 2.24) is 20.0 Å². The van der Waals surface area contributed by atoms with E-state index in [9.17, 15) is 23.2 Å². The van der Waals surface area contributed by atoms with Crippen LogP contribution in [0.2, 0.25) is 0 Å². The average molecular weight is 615 g/mol. The Hall–Kier alpha value is -2.59. The summed E-state index contributed by atoms with van der Waals surface area (Å²) in [4.78, 5) is 47.0. The molecular formula is C34H48F2N4O4. The van der Waals surface area contributed by atoms with Gasteiger partial charge in [0.05, 0.1) is 18.7 Å². The molecule has 8 nitrogen and oxygen atoms in total. The number of carbonyl (C=O) groups is 3. The third-order valence-corrected chi connectivity index (χ3v) is 10.9. The van der Waals surface area contributed by atoms with Crippen LogP contribution in [0, 0.1) is 5.92 Å². The number of fused-ring (bicyclic) bond motifs is 2. The number of piperidine rings is 1. The number of nitrogens with one attached hydrogen (secondary N) is 1. The number of benzene rings is 1. The fourth-order valence-corrected chi connectivity index (χ4v) is 8.72. The molecule has 44 heavy (non-hydrogen) atoms. The zero-order chi connectivity index (χ0) is 31.1. The fraction of sp³-hybridized carbons (Fsp3) is 0.735. The quantitative estimate of drug-likeness (QED) is 0.363. The van der Waals surface area contributed by atoms with E-state index in [-0.39, 0.29) is 79.7 Å². The van der Waals surface area contributed by atoms with Crippen LogP contribution in [0.4, 0.5) is 13.6 Å². The second kappa shape index (κ2) is 12.7. The van der Waals surface area contributed by atoms with Crippen molar-refractivity contribution < 1.29 is 27.9 Å². The molecule has 5 fully saturated rings. The number of amides is 4. The summed E-state index contributed by atoms with van der Waals surface area (Å²) >= 11 is 0. The van der Waals surface area contributed by atoms with E-state index in [1.807, 2.05) is 49.1 Å². The predicted octanol–water partition coefficient (Wildman–Crippen LogP) is 5.67. The van der Waals surface area contributed by atoms with Crippen LogP contribution in [0.15, 0.2) is 30.3 Å². The molecule has 4 saturated heterocycles. The number of rotatable bonds is 9. The summed E-state index contributed by atoms with van der Waals surface area (Å²) in [6.45, 7) is 5.76. The topological polar surface area (TPSA) is 82.2 Å². The standard InChI is InChI=1S/C34H48F2N4O4/c1-23(2)40-32(43)39(22-28-10-6-7-19-44-28)31(42)33(40)20-26-11-12-27(21-33)38(26)18-15-29(24-8-4-3-5-9-24)37-30(41)25-13-16-34(35,36)17-14-25/h3-5,8-9,23,25-29H,6-7,10-22H2,1-2H3,(H,37,41)/t26?,27?,28?,29-,33?/m0/s1. The Morgan fingerprint density at radius 2 is 1.68 bits per heavy atom. The molecular weight excluding hydrogens is 566 g/mol. The zero-order valence-corrected chi connectivity index (χ0v) is 26.2. The maximum atomic E-state index is 14.2. The molecule has 4 amide bonds. The number of urea groups is 1. The summed E-state index contributed by atoms with van der Waals surface area (Å²) < 4.78 is 33.4. The minimum atomic E-state index is -2.67. The number of carbonyl (C=O) groups excluding carboxylic acids is 3. The van der Waals surface area contributed by atoms with Gasteiger partial charge in [0, 0.05) is 50.0 Å². The lowest BCUT2D eigenvalue weighted by Crippen LogP contribution is -2.61. The minimum Gasteiger partial charge on any atom is -0.376 e. The highest BCUT2D eigenvalue weighted by Gasteiger charge is 2.63. The molecule has 1 aliphatic carbocycles. The van der Waals surface area contributed by atoms with Crippen LogP contribution in [-0.4, -0.2) is 87.9 Å². The number of nitrogens with zero attached hydrogens (tertiary/aromatic N) is 3. The predicted molar refractivity (Wildman–Crippen MR) is 162 cm³/mol. The highest BCUT2D eigenvalue weighted by Crippen LogP contribution is 2.48. The third-order valence-electron chi connectivity index (χ3n) is 10.9. The molecule has 3 unspecified atom stereocenters. The van der Waals surface area contributed by atoms with Crippen LogP contribution in [0.3, 0.4) is 0 Å². The van der Waals surface area contributed by atoms with E-state index in [4.69, 9.17) is 4.74 Å². The van der Waals surface area contributed by atoms with E-state index in [2.05, 4.69) is 10.2 Å². The van der Waals surface area contributed by atoms with Crippen LogP contribution in [0.5, 0.6) is 0 Å². The first-order chi connectivity index (χ1) is 21.1. The summed E-state index contributed by atoms with van der Waals surface area (Å²) in [5, 5.41) is 3.21. The molecule has 1 saturated carbocycles. The summed E-state index contributed by atoms with van der Waals surface area (Å²) in [5.74, 6) is -3.26. The number of imide groups is 1. The molecule has 1 aromatic rings. The van der Waals surface area contributed by atoms with Crippen LogP contribution in [-0.2, 0) is 14.3 Å². The molecule has 6 rings (SSSR count). The van der Waals surface area contributed by atoms with Crippen molar-refractivity contribution in [3.8, 4) is 0 Å². The monoisotopic (exact) mass is 614 g/mol. The van der Waals surface area contributed by atoms with Crippen LogP contribution in [0.1, 0.15) is 103 Å². The van der Waals surface area contributed by atoms with Gasteiger partial charge in [-0.2, -0.15) is 0 Å². The molecule has 4 atom stereocenters. The van der Waals surface area contributed by atoms with Gasteiger partial charge in [0.2, 0.25) is 11.8 Å². The Morgan fingerprint density at radius 1 is 1.00 bits per heavy atom. The molecule has 5 aliphatic rings.